The molecule has 1 rings (SSSR count). The Labute approximate surface area is 64.2 Å². The molecule has 0 amide bonds. The lowest BCUT2D eigenvalue weighted by Gasteiger charge is -2.16. The van der Waals surface area contributed by atoms with Crippen LogP contribution in [0.15, 0.2) is 0 Å². The molecule has 3 atom stereocenters. The summed E-state index contributed by atoms with van der Waals surface area (Å²) in [5.74, 6) is 2.65. The third-order valence-electron chi connectivity index (χ3n) is 2.70. The van der Waals surface area contributed by atoms with Crippen LogP contribution in [0, 0.1) is 17.8 Å². The van der Waals surface area contributed by atoms with Crippen LogP contribution >= 0.6 is 0 Å². The van der Waals surface area contributed by atoms with Gasteiger partial charge >= 0.3 is 0 Å². The summed E-state index contributed by atoms with van der Waals surface area (Å²) < 4.78 is 0. The molecule has 1 saturated heterocycles. The minimum atomic E-state index is 0.866. The average Bonchev–Trinajstić information content (AvgIpc) is 1.96. The molecule has 0 aromatic rings. The second-order valence-corrected chi connectivity index (χ2v) is 3.95. The molecule has 1 unspecified atom stereocenters. The SMILES string of the molecule is CC1CNC[C@H](C)[C@@H](C)C1. The van der Waals surface area contributed by atoms with E-state index in [4.69, 9.17) is 0 Å². The highest BCUT2D eigenvalue weighted by atomic mass is 14.9. The number of rotatable bonds is 0. The van der Waals surface area contributed by atoms with E-state index in [9.17, 15) is 0 Å². The zero-order chi connectivity index (χ0) is 7.56. The van der Waals surface area contributed by atoms with Crippen LogP contribution in [0.25, 0.3) is 0 Å². The van der Waals surface area contributed by atoms with Crippen molar-refractivity contribution in [3.63, 3.8) is 0 Å². The minimum Gasteiger partial charge on any atom is -0.316 e. The Kier molecular flexibility index (Phi) is 2.72. The van der Waals surface area contributed by atoms with Crippen molar-refractivity contribution < 1.29 is 0 Å². The molecule has 1 N–H and O–H groups in total. The van der Waals surface area contributed by atoms with Crippen LogP contribution in [0.1, 0.15) is 27.2 Å². The molecule has 1 aliphatic heterocycles. The Morgan fingerprint density at radius 2 is 1.70 bits per heavy atom. The number of hydrogen-bond donors (Lipinski definition) is 1. The molecule has 1 aliphatic rings. The second kappa shape index (κ2) is 3.38. The van der Waals surface area contributed by atoms with E-state index < -0.39 is 0 Å². The smallest absolute Gasteiger partial charge is 0.00205 e. The van der Waals surface area contributed by atoms with Gasteiger partial charge in [0.2, 0.25) is 0 Å². The van der Waals surface area contributed by atoms with E-state index in [0.717, 1.165) is 17.8 Å². The zero-order valence-corrected chi connectivity index (χ0v) is 7.35. The Morgan fingerprint density at radius 1 is 1.00 bits per heavy atom. The van der Waals surface area contributed by atoms with E-state index in [1.54, 1.807) is 0 Å². The maximum Gasteiger partial charge on any atom is -0.00205 e. The van der Waals surface area contributed by atoms with Crippen LogP contribution in [-0.4, -0.2) is 13.1 Å². The van der Waals surface area contributed by atoms with Crippen LogP contribution in [0.3, 0.4) is 0 Å². The predicted octanol–water partition coefficient (Wildman–Crippen LogP) is 1.89. The molecule has 0 radical (unpaired) electrons. The van der Waals surface area contributed by atoms with E-state index in [2.05, 4.69) is 26.1 Å². The lowest BCUT2D eigenvalue weighted by Crippen LogP contribution is -2.22. The lowest BCUT2D eigenvalue weighted by atomic mass is 9.89. The number of hydrogen-bond acceptors (Lipinski definition) is 1. The summed E-state index contributed by atoms with van der Waals surface area (Å²) in [5.41, 5.74) is 0. The fraction of sp³-hybridized carbons (Fsp3) is 1.00. The highest BCUT2D eigenvalue weighted by Gasteiger charge is 2.18. The quantitative estimate of drug-likeness (QED) is 0.543. The van der Waals surface area contributed by atoms with Crippen molar-refractivity contribution in [1.29, 1.82) is 0 Å². The summed E-state index contributed by atoms with van der Waals surface area (Å²) in [5, 5.41) is 3.48. The standard InChI is InChI=1S/C9H19N/c1-7-4-8(2)9(3)6-10-5-7/h7-10H,4-6H2,1-3H3/t7?,8-,9-/m0/s1. The molecule has 0 bridgehead atoms. The molecule has 0 spiro atoms. The van der Waals surface area contributed by atoms with Gasteiger partial charge in [-0.25, -0.2) is 0 Å². The Morgan fingerprint density at radius 3 is 2.40 bits per heavy atom. The van der Waals surface area contributed by atoms with Gasteiger partial charge in [-0.05, 0) is 37.3 Å². The largest absolute Gasteiger partial charge is 0.316 e. The molecule has 0 aromatic carbocycles. The minimum absolute atomic E-state index is 0.866. The van der Waals surface area contributed by atoms with Gasteiger partial charge in [0.1, 0.15) is 0 Å². The third kappa shape index (κ3) is 1.98. The summed E-state index contributed by atoms with van der Waals surface area (Å²) in [6.45, 7) is 9.48. The zero-order valence-electron chi connectivity index (χ0n) is 7.35. The molecule has 0 aromatic heterocycles. The summed E-state index contributed by atoms with van der Waals surface area (Å²) in [7, 11) is 0. The summed E-state index contributed by atoms with van der Waals surface area (Å²) in [4.78, 5) is 0. The van der Waals surface area contributed by atoms with Crippen LogP contribution in [0.2, 0.25) is 0 Å². The van der Waals surface area contributed by atoms with Gasteiger partial charge in [-0.3, -0.25) is 0 Å². The van der Waals surface area contributed by atoms with E-state index >= 15 is 0 Å². The van der Waals surface area contributed by atoms with E-state index in [-0.39, 0.29) is 0 Å². The highest BCUT2D eigenvalue weighted by Crippen LogP contribution is 2.21. The summed E-state index contributed by atoms with van der Waals surface area (Å²) >= 11 is 0. The monoisotopic (exact) mass is 141 g/mol. The Bertz CT molecular complexity index is 101. The van der Waals surface area contributed by atoms with Gasteiger partial charge in [0, 0.05) is 0 Å². The van der Waals surface area contributed by atoms with Crippen LogP contribution in [-0.2, 0) is 0 Å². The maximum absolute atomic E-state index is 3.48. The lowest BCUT2D eigenvalue weighted by molar-refractivity contribution is 0.357. The molecule has 0 aliphatic carbocycles. The van der Waals surface area contributed by atoms with Crippen molar-refractivity contribution in [1.82, 2.24) is 5.32 Å². The third-order valence-corrected chi connectivity index (χ3v) is 2.70. The van der Waals surface area contributed by atoms with Crippen molar-refractivity contribution in [2.45, 2.75) is 27.2 Å². The van der Waals surface area contributed by atoms with E-state index in [0.29, 0.717) is 0 Å². The Hall–Kier alpha value is -0.0400. The second-order valence-electron chi connectivity index (χ2n) is 3.95. The first-order valence-electron chi connectivity index (χ1n) is 4.41. The molecule has 60 valence electrons. The molecular formula is C9H19N. The predicted molar refractivity (Wildman–Crippen MR) is 45.0 cm³/mol. The molecule has 10 heavy (non-hydrogen) atoms. The first kappa shape index (κ1) is 8.06. The van der Waals surface area contributed by atoms with Crippen LogP contribution in [0.4, 0.5) is 0 Å². The molecule has 1 fully saturated rings. The molecule has 1 nitrogen and oxygen atoms in total. The highest BCUT2D eigenvalue weighted by molar-refractivity contribution is 4.73. The van der Waals surface area contributed by atoms with Gasteiger partial charge in [-0.1, -0.05) is 20.8 Å². The van der Waals surface area contributed by atoms with Gasteiger partial charge in [0.05, 0.1) is 0 Å². The van der Waals surface area contributed by atoms with Crippen LogP contribution in [0.5, 0.6) is 0 Å². The number of nitrogens with one attached hydrogen (secondary N) is 1. The summed E-state index contributed by atoms with van der Waals surface area (Å²) in [6, 6.07) is 0. The fourth-order valence-electron chi connectivity index (χ4n) is 1.71. The van der Waals surface area contributed by atoms with Crippen LogP contribution < -0.4 is 5.32 Å². The first-order valence-corrected chi connectivity index (χ1v) is 4.41. The fourth-order valence-corrected chi connectivity index (χ4v) is 1.71. The van der Waals surface area contributed by atoms with Crippen molar-refractivity contribution >= 4 is 0 Å². The van der Waals surface area contributed by atoms with Gasteiger partial charge in [0.25, 0.3) is 0 Å². The molecule has 0 saturated carbocycles. The Balaban J connectivity index is 2.41. The molecular weight excluding hydrogens is 122 g/mol. The van der Waals surface area contributed by atoms with Crippen molar-refractivity contribution in [3.8, 4) is 0 Å². The first-order chi connectivity index (χ1) is 4.70. The van der Waals surface area contributed by atoms with Crippen molar-refractivity contribution in [2.75, 3.05) is 13.1 Å². The van der Waals surface area contributed by atoms with Gasteiger partial charge in [0.15, 0.2) is 0 Å². The van der Waals surface area contributed by atoms with E-state index in [1.807, 2.05) is 0 Å². The maximum atomic E-state index is 3.48. The van der Waals surface area contributed by atoms with Crippen molar-refractivity contribution in [3.05, 3.63) is 0 Å². The van der Waals surface area contributed by atoms with Gasteiger partial charge in [-0.15, -0.1) is 0 Å². The molecule has 1 heteroatoms. The topological polar surface area (TPSA) is 12.0 Å². The van der Waals surface area contributed by atoms with Gasteiger partial charge < -0.3 is 5.32 Å². The van der Waals surface area contributed by atoms with Gasteiger partial charge in [-0.2, -0.15) is 0 Å². The molecule has 1 heterocycles. The summed E-state index contributed by atoms with van der Waals surface area (Å²) in [6.07, 6.45) is 1.40. The normalized spacial score (nSPS) is 42.9. The van der Waals surface area contributed by atoms with Crippen molar-refractivity contribution in [2.24, 2.45) is 17.8 Å². The van der Waals surface area contributed by atoms with E-state index in [1.165, 1.54) is 19.5 Å². The average molecular weight is 141 g/mol.